The lowest BCUT2D eigenvalue weighted by molar-refractivity contribution is 0.385. The fourth-order valence-corrected chi connectivity index (χ4v) is 4.02. The zero-order chi connectivity index (χ0) is 19.5. The highest BCUT2D eigenvalue weighted by atomic mass is 32.2. The molecule has 5 nitrogen and oxygen atoms in total. The van der Waals surface area contributed by atoms with Gasteiger partial charge in [-0.25, -0.2) is 13.1 Å². The molecule has 2 aromatic carbocycles. The second kappa shape index (κ2) is 7.68. The van der Waals surface area contributed by atoms with Gasteiger partial charge in [-0.05, 0) is 35.6 Å². The quantitative estimate of drug-likeness (QED) is 0.825. The van der Waals surface area contributed by atoms with Crippen molar-refractivity contribution in [1.29, 1.82) is 0 Å². The lowest BCUT2D eigenvalue weighted by Gasteiger charge is -2.21. The Labute approximate surface area is 156 Å². The summed E-state index contributed by atoms with van der Waals surface area (Å²) >= 11 is 0. The Bertz CT molecular complexity index is 852. The minimum Gasteiger partial charge on any atom is -0.497 e. The first kappa shape index (κ1) is 20.3. The van der Waals surface area contributed by atoms with Crippen LogP contribution >= 0.6 is 0 Å². The van der Waals surface area contributed by atoms with Gasteiger partial charge in [0.05, 0.1) is 14.2 Å². The summed E-state index contributed by atoms with van der Waals surface area (Å²) < 4.78 is 38.6. The summed E-state index contributed by atoms with van der Waals surface area (Å²) in [7, 11) is -0.793. The number of methoxy groups -OCH3 is 2. The molecule has 0 saturated heterocycles. The largest absolute Gasteiger partial charge is 0.497 e. The number of sulfonamides is 1. The molecule has 0 aliphatic heterocycles. The zero-order valence-corrected chi connectivity index (χ0v) is 17.0. The summed E-state index contributed by atoms with van der Waals surface area (Å²) in [6, 6.07) is 12.2. The van der Waals surface area contributed by atoms with E-state index in [0.717, 1.165) is 5.56 Å². The topological polar surface area (TPSA) is 64.6 Å². The molecule has 0 bridgehead atoms. The molecule has 1 atom stereocenters. The number of ether oxygens (including phenoxy) is 2. The molecule has 26 heavy (non-hydrogen) atoms. The van der Waals surface area contributed by atoms with Crippen LogP contribution in [0.5, 0.6) is 11.5 Å². The number of nitrogens with one attached hydrogen (secondary N) is 1. The third-order valence-electron chi connectivity index (χ3n) is 4.27. The minimum atomic E-state index is -3.74. The molecule has 2 aromatic rings. The SMILES string of the molecule is COc1ccc(S(=O)(=O)NC(C)c2ccc(C(C)(C)C)cc2)c(OC)c1. The van der Waals surface area contributed by atoms with Gasteiger partial charge >= 0.3 is 0 Å². The molecule has 0 radical (unpaired) electrons. The van der Waals surface area contributed by atoms with E-state index in [1.807, 2.05) is 31.2 Å². The number of hydrogen-bond donors (Lipinski definition) is 1. The van der Waals surface area contributed by atoms with E-state index in [1.54, 1.807) is 12.1 Å². The summed E-state index contributed by atoms with van der Waals surface area (Å²) in [5.74, 6) is 0.777. The third-order valence-corrected chi connectivity index (χ3v) is 5.85. The molecule has 0 aliphatic carbocycles. The van der Waals surface area contributed by atoms with E-state index < -0.39 is 10.0 Å². The molecule has 1 unspecified atom stereocenters. The monoisotopic (exact) mass is 377 g/mol. The van der Waals surface area contributed by atoms with Gasteiger partial charge in [0, 0.05) is 12.1 Å². The van der Waals surface area contributed by atoms with Crippen LogP contribution in [0.4, 0.5) is 0 Å². The lowest BCUT2D eigenvalue weighted by Crippen LogP contribution is -2.27. The molecule has 1 N–H and O–H groups in total. The van der Waals surface area contributed by atoms with Crippen molar-refractivity contribution in [2.45, 2.75) is 44.0 Å². The molecule has 0 fully saturated rings. The molecular weight excluding hydrogens is 350 g/mol. The van der Waals surface area contributed by atoms with Gasteiger partial charge in [0.25, 0.3) is 0 Å². The molecule has 0 saturated carbocycles. The van der Waals surface area contributed by atoms with Crippen molar-refractivity contribution < 1.29 is 17.9 Å². The maximum atomic E-state index is 12.8. The van der Waals surface area contributed by atoms with Crippen LogP contribution in [0.25, 0.3) is 0 Å². The summed E-state index contributed by atoms with van der Waals surface area (Å²) in [5, 5.41) is 0. The lowest BCUT2D eigenvalue weighted by atomic mass is 9.86. The van der Waals surface area contributed by atoms with Crippen LogP contribution in [0, 0.1) is 0 Å². The van der Waals surface area contributed by atoms with E-state index in [-0.39, 0.29) is 22.1 Å². The normalized spacial score (nSPS) is 13.3. The summed E-state index contributed by atoms with van der Waals surface area (Å²) in [4.78, 5) is 0.0824. The molecule has 0 spiro atoms. The summed E-state index contributed by atoms with van der Waals surface area (Å²) in [6.07, 6.45) is 0. The van der Waals surface area contributed by atoms with Crippen LogP contribution in [-0.2, 0) is 15.4 Å². The van der Waals surface area contributed by atoms with Crippen LogP contribution in [0.15, 0.2) is 47.4 Å². The molecule has 0 aliphatic rings. The molecule has 142 valence electrons. The van der Waals surface area contributed by atoms with Crippen LogP contribution in [-0.4, -0.2) is 22.6 Å². The highest BCUT2D eigenvalue weighted by Gasteiger charge is 2.23. The van der Waals surface area contributed by atoms with Gasteiger partial charge < -0.3 is 9.47 Å². The van der Waals surface area contributed by atoms with E-state index in [1.165, 1.54) is 25.8 Å². The van der Waals surface area contributed by atoms with Crippen molar-refractivity contribution in [2.75, 3.05) is 14.2 Å². The van der Waals surface area contributed by atoms with Gasteiger partial charge in [0.2, 0.25) is 10.0 Å². The highest BCUT2D eigenvalue weighted by Crippen LogP contribution is 2.30. The molecule has 2 rings (SSSR count). The standard InChI is InChI=1S/C20H27NO4S/c1-14(15-7-9-16(10-8-15)20(2,3)4)21-26(22,23)19-12-11-17(24-5)13-18(19)25-6/h7-14,21H,1-6H3. The van der Waals surface area contributed by atoms with E-state index in [9.17, 15) is 8.42 Å². The Morgan fingerprint density at radius 1 is 0.962 bits per heavy atom. The highest BCUT2D eigenvalue weighted by molar-refractivity contribution is 7.89. The van der Waals surface area contributed by atoms with Crippen molar-refractivity contribution in [2.24, 2.45) is 0 Å². The van der Waals surface area contributed by atoms with Gasteiger partial charge in [-0.15, -0.1) is 0 Å². The Kier molecular flexibility index (Phi) is 5.98. The minimum absolute atomic E-state index is 0.0533. The Morgan fingerprint density at radius 2 is 1.58 bits per heavy atom. The van der Waals surface area contributed by atoms with Crippen LogP contribution in [0.1, 0.15) is 44.9 Å². The molecule has 0 amide bonds. The number of benzene rings is 2. The van der Waals surface area contributed by atoms with E-state index in [0.29, 0.717) is 5.75 Å². The van der Waals surface area contributed by atoms with Gasteiger partial charge in [0.1, 0.15) is 16.4 Å². The first-order chi connectivity index (χ1) is 12.1. The van der Waals surface area contributed by atoms with E-state index in [4.69, 9.17) is 9.47 Å². The fourth-order valence-electron chi connectivity index (χ4n) is 2.63. The first-order valence-corrected chi connectivity index (χ1v) is 9.91. The number of rotatable bonds is 6. The van der Waals surface area contributed by atoms with Crippen molar-refractivity contribution in [3.05, 3.63) is 53.6 Å². The molecule has 0 heterocycles. The predicted molar refractivity (Wildman–Crippen MR) is 103 cm³/mol. The molecular formula is C20H27NO4S. The predicted octanol–water partition coefficient (Wildman–Crippen LogP) is 4.04. The van der Waals surface area contributed by atoms with Gasteiger partial charge in [0.15, 0.2) is 0 Å². The van der Waals surface area contributed by atoms with E-state index >= 15 is 0 Å². The van der Waals surface area contributed by atoms with Crippen LogP contribution in [0.2, 0.25) is 0 Å². The Hall–Kier alpha value is -2.05. The second-order valence-corrected chi connectivity index (χ2v) is 8.91. The maximum Gasteiger partial charge on any atom is 0.244 e. The molecule has 0 aromatic heterocycles. The van der Waals surface area contributed by atoms with Crippen molar-refractivity contribution in [1.82, 2.24) is 4.72 Å². The van der Waals surface area contributed by atoms with Crippen LogP contribution < -0.4 is 14.2 Å². The van der Waals surface area contributed by atoms with Gasteiger partial charge in [-0.3, -0.25) is 0 Å². The maximum absolute atomic E-state index is 12.8. The Morgan fingerprint density at radius 3 is 2.08 bits per heavy atom. The Balaban J connectivity index is 2.26. The van der Waals surface area contributed by atoms with Crippen molar-refractivity contribution >= 4 is 10.0 Å². The van der Waals surface area contributed by atoms with Crippen molar-refractivity contribution in [3.63, 3.8) is 0 Å². The summed E-state index contributed by atoms with van der Waals surface area (Å²) in [6.45, 7) is 8.25. The first-order valence-electron chi connectivity index (χ1n) is 8.43. The smallest absolute Gasteiger partial charge is 0.244 e. The van der Waals surface area contributed by atoms with Gasteiger partial charge in [-0.2, -0.15) is 0 Å². The summed E-state index contributed by atoms with van der Waals surface area (Å²) in [5.41, 5.74) is 2.15. The average molecular weight is 378 g/mol. The zero-order valence-electron chi connectivity index (χ0n) is 16.2. The molecule has 6 heteroatoms. The second-order valence-electron chi connectivity index (χ2n) is 7.23. The van der Waals surface area contributed by atoms with E-state index in [2.05, 4.69) is 25.5 Å². The average Bonchev–Trinajstić information content (AvgIpc) is 2.60. The third kappa shape index (κ3) is 4.56. The number of hydrogen-bond acceptors (Lipinski definition) is 4. The van der Waals surface area contributed by atoms with Gasteiger partial charge in [-0.1, -0.05) is 45.0 Å². The van der Waals surface area contributed by atoms with Crippen molar-refractivity contribution in [3.8, 4) is 11.5 Å². The fraction of sp³-hybridized carbons (Fsp3) is 0.400. The van der Waals surface area contributed by atoms with Crippen LogP contribution in [0.3, 0.4) is 0 Å².